The number of hydrogen-bond acceptors (Lipinski definition) is 3. The maximum absolute atomic E-state index is 12.2. The Labute approximate surface area is 134 Å². The van der Waals surface area contributed by atoms with Gasteiger partial charge in [-0.15, -0.1) is 0 Å². The number of H-pyrrole nitrogens is 1. The molecule has 0 spiro atoms. The van der Waals surface area contributed by atoms with E-state index in [4.69, 9.17) is 0 Å². The highest BCUT2D eigenvalue weighted by Crippen LogP contribution is 2.21. The van der Waals surface area contributed by atoms with Gasteiger partial charge in [0.2, 0.25) is 0 Å². The van der Waals surface area contributed by atoms with Crippen molar-refractivity contribution in [2.75, 3.05) is 13.1 Å². The van der Waals surface area contributed by atoms with Crippen LogP contribution in [0, 0.1) is 0 Å². The normalized spacial score (nSPS) is 13.2. The molecule has 2 aromatic rings. The first-order valence-electron chi connectivity index (χ1n) is 7.93. The van der Waals surface area contributed by atoms with Crippen molar-refractivity contribution in [3.8, 4) is 0 Å². The molecule has 1 aliphatic rings. The zero-order valence-corrected chi connectivity index (χ0v) is 12.9. The SMILES string of the molecule is O=C(NCCNC(=O)c1n[nH]c2c1CCCC2)c1ccccc1. The van der Waals surface area contributed by atoms with Gasteiger partial charge in [-0.3, -0.25) is 14.7 Å². The lowest BCUT2D eigenvalue weighted by Crippen LogP contribution is -2.35. The molecule has 1 aromatic heterocycles. The van der Waals surface area contributed by atoms with Crippen LogP contribution in [0.3, 0.4) is 0 Å². The number of amides is 2. The van der Waals surface area contributed by atoms with Gasteiger partial charge in [0.1, 0.15) is 0 Å². The van der Waals surface area contributed by atoms with Crippen molar-refractivity contribution in [3.05, 3.63) is 52.8 Å². The summed E-state index contributed by atoms with van der Waals surface area (Å²) >= 11 is 0. The summed E-state index contributed by atoms with van der Waals surface area (Å²) in [5.74, 6) is -0.324. The summed E-state index contributed by atoms with van der Waals surface area (Å²) in [6.45, 7) is 0.755. The van der Waals surface area contributed by atoms with Crippen LogP contribution in [0.4, 0.5) is 0 Å². The van der Waals surface area contributed by atoms with Gasteiger partial charge in [-0.05, 0) is 37.8 Å². The van der Waals surface area contributed by atoms with Crippen molar-refractivity contribution in [2.24, 2.45) is 0 Å². The zero-order chi connectivity index (χ0) is 16.1. The molecule has 0 bridgehead atoms. The zero-order valence-electron chi connectivity index (χ0n) is 12.9. The van der Waals surface area contributed by atoms with Gasteiger partial charge < -0.3 is 10.6 Å². The fourth-order valence-corrected chi connectivity index (χ4v) is 2.80. The van der Waals surface area contributed by atoms with Gasteiger partial charge in [-0.2, -0.15) is 5.10 Å². The van der Waals surface area contributed by atoms with Crippen molar-refractivity contribution in [2.45, 2.75) is 25.7 Å². The van der Waals surface area contributed by atoms with E-state index in [2.05, 4.69) is 20.8 Å². The van der Waals surface area contributed by atoms with Crippen molar-refractivity contribution >= 4 is 11.8 Å². The van der Waals surface area contributed by atoms with Crippen LogP contribution in [-0.2, 0) is 12.8 Å². The highest BCUT2D eigenvalue weighted by atomic mass is 16.2. The van der Waals surface area contributed by atoms with Crippen LogP contribution in [0.15, 0.2) is 30.3 Å². The molecule has 0 fully saturated rings. The molecular weight excluding hydrogens is 292 g/mol. The number of aromatic amines is 1. The molecule has 6 nitrogen and oxygen atoms in total. The summed E-state index contributed by atoms with van der Waals surface area (Å²) in [7, 11) is 0. The van der Waals surface area contributed by atoms with E-state index < -0.39 is 0 Å². The van der Waals surface area contributed by atoms with Gasteiger partial charge in [0, 0.05) is 29.9 Å². The predicted octanol–water partition coefficient (Wildman–Crippen LogP) is 1.45. The maximum Gasteiger partial charge on any atom is 0.272 e. The molecule has 0 saturated heterocycles. The van der Waals surface area contributed by atoms with Gasteiger partial charge in [-0.25, -0.2) is 0 Å². The first kappa shape index (κ1) is 15.3. The van der Waals surface area contributed by atoms with Crippen LogP contribution in [0.5, 0.6) is 0 Å². The highest BCUT2D eigenvalue weighted by molar-refractivity contribution is 5.95. The van der Waals surface area contributed by atoms with E-state index in [1.165, 1.54) is 0 Å². The lowest BCUT2D eigenvalue weighted by molar-refractivity contribution is 0.0924. The molecule has 1 aromatic carbocycles. The molecule has 1 aliphatic carbocycles. The molecule has 0 unspecified atom stereocenters. The van der Waals surface area contributed by atoms with Crippen LogP contribution in [0.2, 0.25) is 0 Å². The van der Waals surface area contributed by atoms with E-state index >= 15 is 0 Å². The van der Waals surface area contributed by atoms with Crippen LogP contribution in [0.25, 0.3) is 0 Å². The average molecular weight is 312 g/mol. The summed E-state index contributed by atoms with van der Waals surface area (Å²) in [6, 6.07) is 9.00. The van der Waals surface area contributed by atoms with Crippen molar-refractivity contribution in [3.63, 3.8) is 0 Å². The summed E-state index contributed by atoms with van der Waals surface area (Å²) in [4.78, 5) is 24.1. The van der Waals surface area contributed by atoms with Crippen LogP contribution >= 0.6 is 0 Å². The third-order valence-corrected chi connectivity index (χ3v) is 4.00. The number of aromatic nitrogens is 2. The van der Waals surface area contributed by atoms with Gasteiger partial charge in [-0.1, -0.05) is 18.2 Å². The fourth-order valence-electron chi connectivity index (χ4n) is 2.80. The minimum Gasteiger partial charge on any atom is -0.350 e. The molecule has 0 atom stereocenters. The molecule has 1 heterocycles. The second-order valence-electron chi connectivity index (χ2n) is 5.61. The Balaban J connectivity index is 1.47. The lowest BCUT2D eigenvalue weighted by atomic mass is 9.96. The van der Waals surface area contributed by atoms with E-state index in [0.717, 1.165) is 36.9 Å². The van der Waals surface area contributed by atoms with E-state index in [1.807, 2.05) is 18.2 Å². The topological polar surface area (TPSA) is 86.9 Å². The number of rotatable bonds is 5. The molecule has 3 N–H and O–H groups in total. The molecule has 0 radical (unpaired) electrons. The monoisotopic (exact) mass is 312 g/mol. The molecule has 3 rings (SSSR count). The lowest BCUT2D eigenvalue weighted by Gasteiger charge is -2.11. The summed E-state index contributed by atoms with van der Waals surface area (Å²) in [5.41, 5.74) is 3.23. The van der Waals surface area contributed by atoms with Gasteiger partial charge in [0.15, 0.2) is 5.69 Å². The number of fused-ring (bicyclic) bond motifs is 1. The first-order chi connectivity index (χ1) is 11.3. The van der Waals surface area contributed by atoms with Gasteiger partial charge in [0.25, 0.3) is 11.8 Å². The van der Waals surface area contributed by atoms with Gasteiger partial charge >= 0.3 is 0 Å². The molecule has 120 valence electrons. The van der Waals surface area contributed by atoms with Crippen LogP contribution < -0.4 is 10.6 Å². The van der Waals surface area contributed by atoms with Crippen molar-refractivity contribution in [1.29, 1.82) is 0 Å². The summed E-state index contributed by atoms with van der Waals surface area (Å²) in [6.07, 6.45) is 4.10. The number of aryl methyl sites for hydroxylation is 1. The largest absolute Gasteiger partial charge is 0.350 e. The number of carbonyl (C=O) groups is 2. The average Bonchev–Trinajstić information content (AvgIpc) is 3.03. The number of hydrogen-bond donors (Lipinski definition) is 3. The summed E-state index contributed by atoms with van der Waals surface area (Å²) in [5, 5.41) is 12.7. The minimum atomic E-state index is -0.182. The molecular formula is C17H20N4O2. The molecule has 6 heteroatoms. The number of carbonyl (C=O) groups excluding carboxylic acids is 2. The molecule has 2 amide bonds. The van der Waals surface area contributed by atoms with E-state index in [-0.39, 0.29) is 11.8 Å². The molecule has 0 saturated carbocycles. The second kappa shape index (κ2) is 7.09. The maximum atomic E-state index is 12.2. The summed E-state index contributed by atoms with van der Waals surface area (Å²) < 4.78 is 0. The Kier molecular flexibility index (Phi) is 4.71. The molecule has 0 aliphatic heterocycles. The Morgan fingerprint density at radius 1 is 1.00 bits per heavy atom. The second-order valence-corrected chi connectivity index (χ2v) is 5.61. The van der Waals surface area contributed by atoms with E-state index in [1.54, 1.807) is 12.1 Å². The quantitative estimate of drug-likeness (QED) is 0.730. The third kappa shape index (κ3) is 3.59. The Morgan fingerprint density at radius 3 is 2.48 bits per heavy atom. The smallest absolute Gasteiger partial charge is 0.272 e. The van der Waals surface area contributed by atoms with Crippen molar-refractivity contribution in [1.82, 2.24) is 20.8 Å². The van der Waals surface area contributed by atoms with Crippen LogP contribution in [-0.4, -0.2) is 35.1 Å². The fraction of sp³-hybridized carbons (Fsp3) is 0.353. The van der Waals surface area contributed by atoms with E-state index in [9.17, 15) is 9.59 Å². The highest BCUT2D eigenvalue weighted by Gasteiger charge is 2.21. The van der Waals surface area contributed by atoms with Gasteiger partial charge in [0.05, 0.1) is 0 Å². The Bertz CT molecular complexity index is 694. The third-order valence-electron chi connectivity index (χ3n) is 4.00. The first-order valence-corrected chi connectivity index (χ1v) is 7.93. The number of benzene rings is 1. The van der Waals surface area contributed by atoms with Crippen molar-refractivity contribution < 1.29 is 9.59 Å². The number of nitrogens with one attached hydrogen (secondary N) is 3. The van der Waals surface area contributed by atoms with E-state index in [0.29, 0.717) is 24.3 Å². The van der Waals surface area contributed by atoms with Crippen LogP contribution in [0.1, 0.15) is 44.9 Å². The molecule has 23 heavy (non-hydrogen) atoms. The predicted molar refractivity (Wildman–Crippen MR) is 86.3 cm³/mol. The Morgan fingerprint density at radius 2 is 1.70 bits per heavy atom. The Hall–Kier alpha value is -2.63. The minimum absolute atomic E-state index is 0.142. The number of nitrogens with zero attached hydrogens (tertiary/aromatic N) is 1. The standard InChI is InChI=1S/C17H20N4O2/c22-16(12-6-2-1-3-7-12)18-10-11-19-17(23)15-13-8-4-5-9-14(13)20-21-15/h1-3,6-7H,4-5,8-11H2,(H,18,22)(H,19,23)(H,20,21).